The Morgan fingerprint density at radius 2 is 1.84 bits per heavy atom. The number of aromatic hydroxyl groups is 2. The van der Waals surface area contributed by atoms with Gasteiger partial charge in [0.1, 0.15) is 5.75 Å². The molecule has 25 heavy (non-hydrogen) atoms. The van der Waals surface area contributed by atoms with Crippen LogP contribution in [0.25, 0.3) is 0 Å². The lowest BCUT2D eigenvalue weighted by Crippen LogP contribution is -2.19. The van der Waals surface area contributed by atoms with Crippen LogP contribution in [0.2, 0.25) is 0 Å². The normalized spacial score (nSPS) is 11.6. The number of nitrogens with one attached hydrogen (secondary N) is 1. The highest BCUT2D eigenvalue weighted by Gasteiger charge is 2.18. The van der Waals surface area contributed by atoms with Crippen LogP contribution in [0.5, 0.6) is 11.5 Å². The van der Waals surface area contributed by atoms with Crippen LogP contribution in [0.1, 0.15) is 16.7 Å². The molecule has 0 bridgehead atoms. The van der Waals surface area contributed by atoms with Crippen LogP contribution in [-0.2, 0) is 10.0 Å². The van der Waals surface area contributed by atoms with E-state index in [0.29, 0.717) is 5.56 Å². The van der Waals surface area contributed by atoms with Crippen molar-refractivity contribution in [3.05, 3.63) is 57.1 Å². The number of hydrazone groups is 1. The van der Waals surface area contributed by atoms with Gasteiger partial charge in [0.25, 0.3) is 10.0 Å². The first-order valence-electron chi connectivity index (χ1n) is 6.94. The molecule has 10 heteroatoms. The maximum absolute atomic E-state index is 12.2. The minimum atomic E-state index is -3.94. The molecule has 0 amide bonds. The summed E-state index contributed by atoms with van der Waals surface area (Å²) in [5.41, 5.74) is 0.663. The van der Waals surface area contributed by atoms with Crippen molar-refractivity contribution in [3.8, 4) is 11.5 Å². The zero-order chi connectivity index (χ0) is 18.8. The van der Waals surface area contributed by atoms with Gasteiger partial charge < -0.3 is 10.2 Å². The summed E-state index contributed by atoms with van der Waals surface area (Å²) in [4.78, 5) is 11.9. The van der Waals surface area contributed by atoms with E-state index in [-0.39, 0.29) is 10.5 Å². The van der Waals surface area contributed by atoms with Gasteiger partial charge in [0.2, 0.25) is 0 Å². The largest absolute Gasteiger partial charge is 0.507 e. The zero-order valence-electron chi connectivity index (χ0n) is 13.3. The minimum Gasteiger partial charge on any atom is -0.507 e. The standard InChI is InChI=1S/C15H15N3O6S/c1-9-3-4-15(10(2)5-9)25(23,24)17-16-8-11-6-12(18(21)22)14(20)7-13(11)19/h3-8,17,19-20H,1-2H3/b16-8+. The zero-order valence-corrected chi connectivity index (χ0v) is 14.1. The monoisotopic (exact) mass is 365 g/mol. The van der Waals surface area contributed by atoms with Crippen molar-refractivity contribution in [2.24, 2.45) is 5.10 Å². The smallest absolute Gasteiger partial charge is 0.311 e. The van der Waals surface area contributed by atoms with Crippen LogP contribution in [0.15, 0.2) is 40.3 Å². The fourth-order valence-electron chi connectivity index (χ4n) is 2.15. The molecule has 2 rings (SSSR count). The highest BCUT2D eigenvalue weighted by Crippen LogP contribution is 2.32. The fraction of sp³-hybridized carbons (Fsp3) is 0.133. The van der Waals surface area contributed by atoms with Crippen LogP contribution in [0.4, 0.5) is 5.69 Å². The minimum absolute atomic E-state index is 0.0381. The van der Waals surface area contributed by atoms with E-state index in [0.717, 1.165) is 23.9 Å². The van der Waals surface area contributed by atoms with Crippen molar-refractivity contribution in [3.63, 3.8) is 0 Å². The maximum Gasteiger partial charge on any atom is 0.311 e. The number of hydrogen-bond donors (Lipinski definition) is 3. The molecule has 9 nitrogen and oxygen atoms in total. The molecule has 0 heterocycles. The molecule has 132 valence electrons. The van der Waals surface area contributed by atoms with Gasteiger partial charge in [-0.15, -0.1) is 0 Å². The second-order valence-electron chi connectivity index (χ2n) is 5.28. The third kappa shape index (κ3) is 4.04. The second-order valence-corrected chi connectivity index (χ2v) is 6.91. The topological polar surface area (TPSA) is 142 Å². The first kappa shape index (κ1) is 18.2. The molecule has 0 saturated heterocycles. The third-order valence-electron chi connectivity index (χ3n) is 3.32. The van der Waals surface area contributed by atoms with E-state index in [1.165, 1.54) is 6.07 Å². The van der Waals surface area contributed by atoms with Gasteiger partial charge in [-0.1, -0.05) is 17.7 Å². The van der Waals surface area contributed by atoms with Gasteiger partial charge in [0.15, 0.2) is 5.75 Å². The van der Waals surface area contributed by atoms with Crippen LogP contribution in [0.3, 0.4) is 0 Å². The number of nitrogens with zero attached hydrogens (tertiary/aromatic N) is 2. The van der Waals surface area contributed by atoms with Crippen LogP contribution >= 0.6 is 0 Å². The predicted molar refractivity (Wildman–Crippen MR) is 90.3 cm³/mol. The van der Waals surface area contributed by atoms with Gasteiger partial charge in [-0.25, -0.2) is 4.83 Å². The van der Waals surface area contributed by atoms with Crippen molar-refractivity contribution in [1.29, 1.82) is 0 Å². The molecule has 2 aromatic carbocycles. The van der Waals surface area contributed by atoms with Crippen LogP contribution < -0.4 is 4.83 Å². The number of sulfonamides is 1. The number of rotatable bonds is 5. The Kier molecular flexibility index (Phi) is 4.93. The summed E-state index contributed by atoms with van der Waals surface area (Å²) in [5, 5.41) is 33.3. The van der Waals surface area contributed by atoms with Gasteiger partial charge in [0, 0.05) is 17.7 Å². The Morgan fingerprint density at radius 1 is 1.16 bits per heavy atom. The first-order valence-corrected chi connectivity index (χ1v) is 8.42. The van der Waals surface area contributed by atoms with Crippen LogP contribution in [0, 0.1) is 24.0 Å². The molecular formula is C15H15N3O6S. The number of nitro benzene ring substituents is 1. The molecule has 0 aliphatic heterocycles. The molecule has 0 fully saturated rings. The summed E-state index contributed by atoms with van der Waals surface area (Å²) < 4.78 is 24.5. The number of phenols is 2. The number of aryl methyl sites for hydroxylation is 2. The average molecular weight is 365 g/mol. The van der Waals surface area contributed by atoms with Gasteiger partial charge in [0.05, 0.1) is 16.0 Å². The van der Waals surface area contributed by atoms with Gasteiger partial charge >= 0.3 is 5.69 Å². The first-order chi connectivity index (χ1) is 11.6. The van der Waals surface area contributed by atoms with Crippen molar-refractivity contribution in [2.45, 2.75) is 18.7 Å². The van der Waals surface area contributed by atoms with E-state index in [1.54, 1.807) is 19.1 Å². The second kappa shape index (κ2) is 6.77. The Balaban J connectivity index is 2.28. The molecule has 3 N–H and O–H groups in total. The van der Waals surface area contributed by atoms with E-state index in [1.807, 2.05) is 11.8 Å². The summed E-state index contributed by atoms with van der Waals surface area (Å²) in [6.07, 6.45) is 0.906. The molecule has 2 aromatic rings. The van der Waals surface area contributed by atoms with Crippen molar-refractivity contribution >= 4 is 21.9 Å². The highest BCUT2D eigenvalue weighted by atomic mass is 32.2. The molecular weight excluding hydrogens is 350 g/mol. The van der Waals surface area contributed by atoms with Crippen molar-refractivity contribution in [1.82, 2.24) is 4.83 Å². The predicted octanol–water partition coefficient (Wildman–Crippen LogP) is 1.94. The SMILES string of the molecule is Cc1ccc(S(=O)(=O)N/N=C/c2cc([N+](=O)[O-])c(O)cc2O)c(C)c1. The molecule has 0 atom stereocenters. The lowest BCUT2D eigenvalue weighted by atomic mass is 10.2. The lowest BCUT2D eigenvalue weighted by molar-refractivity contribution is -0.385. The Morgan fingerprint density at radius 3 is 2.44 bits per heavy atom. The molecule has 0 spiro atoms. The molecule has 0 radical (unpaired) electrons. The molecule has 0 aliphatic carbocycles. The van der Waals surface area contributed by atoms with Crippen molar-refractivity contribution < 1.29 is 23.6 Å². The Bertz CT molecular complexity index is 969. The van der Waals surface area contributed by atoms with E-state index in [2.05, 4.69) is 5.10 Å². The number of benzene rings is 2. The third-order valence-corrected chi connectivity index (χ3v) is 4.70. The Hall–Kier alpha value is -3.14. The Labute approximate surface area is 143 Å². The van der Waals surface area contributed by atoms with Gasteiger partial charge in [-0.2, -0.15) is 13.5 Å². The van der Waals surface area contributed by atoms with Crippen LogP contribution in [-0.4, -0.2) is 29.8 Å². The summed E-state index contributed by atoms with van der Waals surface area (Å²) in [7, 11) is -3.94. The van der Waals surface area contributed by atoms with E-state index >= 15 is 0 Å². The van der Waals surface area contributed by atoms with Gasteiger partial charge in [-0.3, -0.25) is 10.1 Å². The van der Waals surface area contributed by atoms with E-state index in [4.69, 9.17) is 0 Å². The average Bonchev–Trinajstić information content (AvgIpc) is 2.48. The van der Waals surface area contributed by atoms with Crippen molar-refractivity contribution in [2.75, 3.05) is 0 Å². The quantitative estimate of drug-likeness (QED) is 0.420. The lowest BCUT2D eigenvalue weighted by Gasteiger charge is -2.07. The molecule has 0 unspecified atom stereocenters. The van der Waals surface area contributed by atoms with E-state index in [9.17, 15) is 28.7 Å². The number of nitro groups is 1. The summed E-state index contributed by atoms with van der Waals surface area (Å²) in [6.45, 7) is 3.47. The molecule has 0 saturated carbocycles. The number of hydrogen-bond acceptors (Lipinski definition) is 7. The fourth-order valence-corrected chi connectivity index (χ4v) is 3.17. The maximum atomic E-state index is 12.2. The van der Waals surface area contributed by atoms with E-state index < -0.39 is 32.1 Å². The highest BCUT2D eigenvalue weighted by molar-refractivity contribution is 7.89. The summed E-state index contributed by atoms with van der Waals surface area (Å²) in [5.74, 6) is -1.20. The molecule has 0 aliphatic rings. The molecule has 0 aromatic heterocycles. The summed E-state index contributed by atoms with van der Waals surface area (Å²) >= 11 is 0. The van der Waals surface area contributed by atoms with Gasteiger partial charge in [-0.05, 0) is 25.5 Å². The number of phenolic OH excluding ortho intramolecular Hbond substituents is 2. The summed E-state index contributed by atoms with van der Waals surface area (Å²) in [6, 6.07) is 6.43.